The van der Waals surface area contributed by atoms with Crippen molar-refractivity contribution in [1.82, 2.24) is 0 Å². The standard InChI is InChI=1S/C30H30N2O2S/c1-19-14-20(2)16-22(15-19)31-25(33)17-35-30(31)24-13-9-12-23-26(24)32(27(30)34)28(3,4)18-29(23,5)21-10-7-6-8-11-21/h6-16H,17-18H2,1-5H3/t29-,30-/m1/s1. The van der Waals surface area contributed by atoms with Gasteiger partial charge in [-0.05, 0) is 68.5 Å². The summed E-state index contributed by atoms with van der Waals surface area (Å²) < 4.78 is 0. The molecule has 3 aliphatic rings. The minimum Gasteiger partial charge on any atom is -0.303 e. The van der Waals surface area contributed by atoms with Crippen LogP contribution in [0.3, 0.4) is 0 Å². The second-order valence-corrected chi connectivity index (χ2v) is 12.2. The van der Waals surface area contributed by atoms with Gasteiger partial charge in [0, 0.05) is 22.2 Å². The van der Waals surface area contributed by atoms with Crippen molar-refractivity contribution >= 4 is 35.0 Å². The first-order chi connectivity index (χ1) is 16.6. The fourth-order valence-electron chi connectivity index (χ4n) is 6.78. The Labute approximate surface area is 211 Å². The van der Waals surface area contributed by atoms with Gasteiger partial charge < -0.3 is 4.90 Å². The fraction of sp³-hybridized carbons (Fsp3) is 0.333. The zero-order chi connectivity index (χ0) is 24.8. The number of para-hydroxylation sites is 1. The minimum absolute atomic E-state index is 0.00456. The quantitative estimate of drug-likeness (QED) is 0.445. The number of hydrogen-bond acceptors (Lipinski definition) is 3. The molecule has 0 unspecified atom stereocenters. The van der Waals surface area contributed by atoms with Crippen molar-refractivity contribution in [1.29, 1.82) is 0 Å². The van der Waals surface area contributed by atoms with Crippen molar-refractivity contribution in [3.05, 3.63) is 94.5 Å². The number of amides is 2. The first-order valence-electron chi connectivity index (χ1n) is 12.2. The third-order valence-electron chi connectivity index (χ3n) is 7.95. The topological polar surface area (TPSA) is 40.6 Å². The average molecular weight is 483 g/mol. The first-order valence-corrected chi connectivity index (χ1v) is 13.2. The van der Waals surface area contributed by atoms with Crippen LogP contribution in [0.5, 0.6) is 0 Å². The van der Waals surface area contributed by atoms with Gasteiger partial charge in [-0.25, -0.2) is 0 Å². The smallest absolute Gasteiger partial charge is 0.269 e. The summed E-state index contributed by atoms with van der Waals surface area (Å²) in [7, 11) is 0. The molecule has 0 aromatic heterocycles. The molecule has 0 radical (unpaired) electrons. The summed E-state index contributed by atoms with van der Waals surface area (Å²) in [6, 6.07) is 23.0. The zero-order valence-electron chi connectivity index (χ0n) is 20.9. The Kier molecular flexibility index (Phi) is 4.63. The maximum atomic E-state index is 14.6. The fourth-order valence-corrected chi connectivity index (χ4v) is 8.12. The number of carbonyl (C=O) groups excluding carboxylic acids is 2. The summed E-state index contributed by atoms with van der Waals surface area (Å²) in [5, 5.41) is 0. The Morgan fingerprint density at radius 2 is 1.46 bits per heavy atom. The normalized spacial score (nSPS) is 26.5. The summed E-state index contributed by atoms with van der Waals surface area (Å²) in [5.74, 6) is 0.261. The van der Waals surface area contributed by atoms with Crippen LogP contribution in [0.15, 0.2) is 66.7 Å². The Balaban J connectivity index is 1.64. The Hall–Kier alpha value is -3.05. The molecule has 3 aromatic carbocycles. The van der Waals surface area contributed by atoms with Gasteiger partial charge in [0.25, 0.3) is 5.91 Å². The van der Waals surface area contributed by atoms with E-state index >= 15 is 0 Å². The molecule has 0 N–H and O–H groups in total. The van der Waals surface area contributed by atoms with E-state index < -0.39 is 10.4 Å². The highest BCUT2D eigenvalue weighted by Gasteiger charge is 2.65. The van der Waals surface area contributed by atoms with Crippen molar-refractivity contribution in [2.24, 2.45) is 0 Å². The number of hydrogen-bond donors (Lipinski definition) is 0. The molecule has 3 heterocycles. The zero-order valence-corrected chi connectivity index (χ0v) is 21.7. The molecule has 0 aliphatic carbocycles. The second kappa shape index (κ2) is 7.23. The Bertz CT molecular complexity index is 1380. The molecule has 1 saturated heterocycles. The molecule has 3 aliphatic heterocycles. The van der Waals surface area contributed by atoms with Crippen molar-refractivity contribution in [2.45, 2.75) is 56.9 Å². The first kappa shape index (κ1) is 22.4. The number of rotatable bonds is 2. The van der Waals surface area contributed by atoms with Gasteiger partial charge in [-0.3, -0.25) is 14.5 Å². The van der Waals surface area contributed by atoms with Crippen LogP contribution in [0.2, 0.25) is 0 Å². The van der Waals surface area contributed by atoms with E-state index in [0.717, 1.165) is 40.0 Å². The number of nitrogens with zero attached hydrogens (tertiary/aromatic N) is 2. The van der Waals surface area contributed by atoms with E-state index in [1.807, 2.05) is 36.9 Å². The molecule has 1 fully saturated rings. The van der Waals surface area contributed by atoms with E-state index in [9.17, 15) is 9.59 Å². The SMILES string of the molecule is Cc1cc(C)cc(N2C(=O)CS[C@]23C(=O)N2c4c(cccc43)[C@@](C)(c3ccccc3)CC2(C)C)c1. The lowest BCUT2D eigenvalue weighted by molar-refractivity contribution is -0.124. The number of fused-ring (bicyclic) bond motifs is 1. The highest BCUT2D eigenvalue weighted by atomic mass is 32.2. The van der Waals surface area contributed by atoms with Crippen molar-refractivity contribution in [3.8, 4) is 0 Å². The monoisotopic (exact) mass is 482 g/mol. The van der Waals surface area contributed by atoms with Crippen LogP contribution in [-0.2, 0) is 19.9 Å². The molecule has 2 atom stereocenters. The molecule has 4 nitrogen and oxygen atoms in total. The van der Waals surface area contributed by atoms with E-state index in [4.69, 9.17) is 0 Å². The van der Waals surface area contributed by atoms with Crippen LogP contribution in [0.1, 0.15) is 55.0 Å². The molecule has 6 rings (SSSR count). The van der Waals surface area contributed by atoms with Crippen LogP contribution < -0.4 is 9.80 Å². The predicted molar refractivity (Wildman–Crippen MR) is 143 cm³/mol. The van der Waals surface area contributed by atoms with Gasteiger partial charge in [0.1, 0.15) is 0 Å². The predicted octanol–water partition coefficient (Wildman–Crippen LogP) is 6.07. The van der Waals surface area contributed by atoms with E-state index in [-0.39, 0.29) is 23.0 Å². The van der Waals surface area contributed by atoms with Gasteiger partial charge in [0.15, 0.2) is 0 Å². The van der Waals surface area contributed by atoms with Gasteiger partial charge in [0.05, 0.1) is 11.4 Å². The molecule has 0 saturated carbocycles. The molecule has 35 heavy (non-hydrogen) atoms. The van der Waals surface area contributed by atoms with Crippen LogP contribution in [-0.4, -0.2) is 23.1 Å². The molecule has 5 heteroatoms. The highest BCUT2D eigenvalue weighted by Crippen LogP contribution is 2.62. The maximum absolute atomic E-state index is 14.6. The van der Waals surface area contributed by atoms with Gasteiger partial charge in [-0.15, -0.1) is 11.8 Å². The molecular formula is C30H30N2O2S. The van der Waals surface area contributed by atoms with E-state index in [1.54, 1.807) is 4.90 Å². The van der Waals surface area contributed by atoms with Crippen molar-refractivity contribution < 1.29 is 9.59 Å². The number of anilines is 2. The maximum Gasteiger partial charge on any atom is 0.269 e. The molecule has 3 aromatic rings. The van der Waals surface area contributed by atoms with E-state index in [2.05, 4.69) is 69.3 Å². The Morgan fingerprint density at radius 1 is 0.800 bits per heavy atom. The lowest BCUT2D eigenvalue weighted by Gasteiger charge is -2.50. The van der Waals surface area contributed by atoms with Crippen molar-refractivity contribution in [3.63, 3.8) is 0 Å². The van der Waals surface area contributed by atoms with E-state index in [1.165, 1.54) is 17.3 Å². The number of benzene rings is 3. The summed E-state index contributed by atoms with van der Waals surface area (Å²) in [5.41, 5.74) is 6.61. The molecule has 2 amide bonds. The second-order valence-electron chi connectivity index (χ2n) is 11.0. The number of aryl methyl sites for hydroxylation is 2. The number of carbonyl (C=O) groups is 2. The summed E-state index contributed by atoms with van der Waals surface area (Å²) in [6.07, 6.45) is 0.796. The summed E-state index contributed by atoms with van der Waals surface area (Å²) in [6.45, 7) is 10.7. The molecular weight excluding hydrogens is 452 g/mol. The van der Waals surface area contributed by atoms with Crippen LogP contribution in [0.4, 0.5) is 11.4 Å². The van der Waals surface area contributed by atoms with Gasteiger partial charge in [-0.2, -0.15) is 0 Å². The van der Waals surface area contributed by atoms with Gasteiger partial charge in [-0.1, -0.05) is 61.5 Å². The minimum atomic E-state index is -1.08. The molecule has 1 spiro atoms. The summed E-state index contributed by atoms with van der Waals surface area (Å²) in [4.78, 5) is 30.7. The van der Waals surface area contributed by atoms with Crippen molar-refractivity contribution in [2.75, 3.05) is 15.6 Å². The van der Waals surface area contributed by atoms with Gasteiger partial charge >= 0.3 is 0 Å². The highest BCUT2D eigenvalue weighted by molar-refractivity contribution is 8.02. The third kappa shape index (κ3) is 2.88. The largest absolute Gasteiger partial charge is 0.303 e. The van der Waals surface area contributed by atoms with E-state index in [0.29, 0.717) is 0 Å². The Morgan fingerprint density at radius 3 is 2.14 bits per heavy atom. The van der Waals surface area contributed by atoms with Crippen LogP contribution in [0, 0.1) is 13.8 Å². The average Bonchev–Trinajstić information content (AvgIpc) is 3.28. The summed E-state index contributed by atoms with van der Waals surface area (Å²) >= 11 is 1.46. The van der Waals surface area contributed by atoms with Crippen LogP contribution in [0.25, 0.3) is 0 Å². The third-order valence-corrected chi connectivity index (χ3v) is 9.33. The lowest BCUT2D eigenvalue weighted by atomic mass is 9.65. The lowest BCUT2D eigenvalue weighted by Crippen LogP contribution is -2.58. The van der Waals surface area contributed by atoms with Gasteiger partial charge in [0.2, 0.25) is 10.8 Å². The van der Waals surface area contributed by atoms with Crippen LogP contribution >= 0.6 is 11.8 Å². The molecule has 178 valence electrons. The number of thioether (sulfide) groups is 1. The molecule has 0 bridgehead atoms.